The highest BCUT2D eigenvalue weighted by Crippen LogP contribution is 2.20. The second-order valence-corrected chi connectivity index (χ2v) is 7.86. The topological polar surface area (TPSA) is 64.3 Å². The lowest BCUT2D eigenvalue weighted by atomic mass is 10.2. The van der Waals surface area contributed by atoms with Gasteiger partial charge in [0, 0.05) is 5.75 Å². The highest BCUT2D eigenvalue weighted by atomic mass is 32.2. The Morgan fingerprint density at radius 3 is 2.37 bits per heavy atom. The Morgan fingerprint density at radius 1 is 0.933 bits per heavy atom. The molecule has 0 saturated carbocycles. The Bertz CT molecular complexity index is 1160. The van der Waals surface area contributed by atoms with Gasteiger partial charge in [0.1, 0.15) is 12.4 Å². The lowest BCUT2D eigenvalue weighted by Crippen LogP contribution is -2.25. The predicted octanol–water partition coefficient (Wildman–Crippen LogP) is 3.98. The number of aliphatic hydroxyl groups is 1. The van der Waals surface area contributed by atoms with Crippen LogP contribution >= 0.6 is 11.8 Å². The number of aromatic nitrogens is 2. The first-order chi connectivity index (χ1) is 14.7. The van der Waals surface area contributed by atoms with Gasteiger partial charge in [0.2, 0.25) is 0 Å². The van der Waals surface area contributed by atoms with Crippen LogP contribution in [0.1, 0.15) is 5.56 Å². The van der Waals surface area contributed by atoms with E-state index < -0.39 is 6.10 Å². The van der Waals surface area contributed by atoms with Crippen molar-refractivity contribution in [3.8, 4) is 5.75 Å². The number of benzene rings is 3. The molecule has 0 saturated heterocycles. The fraction of sp³-hybridized carbons (Fsp3) is 0.167. The second-order valence-electron chi connectivity index (χ2n) is 6.88. The molecule has 0 spiro atoms. The molecule has 3 aromatic carbocycles. The van der Waals surface area contributed by atoms with Gasteiger partial charge >= 0.3 is 0 Å². The molecule has 1 heterocycles. The molecule has 30 heavy (non-hydrogen) atoms. The summed E-state index contributed by atoms with van der Waals surface area (Å²) in [5, 5.41) is 11.5. The van der Waals surface area contributed by atoms with Crippen molar-refractivity contribution in [2.45, 2.75) is 17.8 Å². The van der Waals surface area contributed by atoms with E-state index in [0.717, 1.165) is 5.56 Å². The fourth-order valence-corrected chi connectivity index (χ4v) is 4.00. The van der Waals surface area contributed by atoms with Crippen LogP contribution in [0, 0.1) is 0 Å². The minimum atomic E-state index is -0.691. The van der Waals surface area contributed by atoms with E-state index >= 15 is 0 Å². The lowest BCUT2D eigenvalue weighted by molar-refractivity contribution is 0.126. The Kier molecular flexibility index (Phi) is 6.47. The van der Waals surface area contributed by atoms with Crippen LogP contribution < -0.4 is 10.3 Å². The van der Waals surface area contributed by atoms with Crippen molar-refractivity contribution in [1.29, 1.82) is 0 Å². The Balaban J connectivity index is 1.54. The molecule has 4 aromatic rings. The van der Waals surface area contributed by atoms with Crippen molar-refractivity contribution in [1.82, 2.24) is 9.55 Å². The van der Waals surface area contributed by atoms with Gasteiger partial charge in [0.25, 0.3) is 5.56 Å². The van der Waals surface area contributed by atoms with Gasteiger partial charge in [-0.25, -0.2) is 4.98 Å². The van der Waals surface area contributed by atoms with Crippen LogP contribution in [0.5, 0.6) is 5.75 Å². The van der Waals surface area contributed by atoms with Crippen LogP contribution in [0.15, 0.2) is 94.9 Å². The van der Waals surface area contributed by atoms with Gasteiger partial charge < -0.3 is 9.84 Å². The van der Waals surface area contributed by atoms with E-state index in [0.29, 0.717) is 34.1 Å². The molecular weight excluding hydrogens is 396 g/mol. The summed E-state index contributed by atoms with van der Waals surface area (Å²) in [6.07, 6.45) is -0.691. The zero-order valence-electron chi connectivity index (χ0n) is 16.3. The summed E-state index contributed by atoms with van der Waals surface area (Å²) in [6, 6.07) is 26.5. The van der Waals surface area contributed by atoms with E-state index in [1.165, 1.54) is 11.8 Å². The minimum absolute atomic E-state index is 0.0815. The van der Waals surface area contributed by atoms with Gasteiger partial charge in [-0.2, -0.15) is 0 Å². The van der Waals surface area contributed by atoms with Crippen molar-refractivity contribution in [3.63, 3.8) is 0 Å². The van der Waals surface area contributed by atoms with Crippen molar-refractivity contribution in [2.24, 2.45) is 0 Å². The molecule has 0 aliphatic rings. The van der Waals surface area contributed by atoms with E-state index in [2.05, 4.69) is 0 Å². The standard InChI is InChI=1S/C24H22N2O3S/c27-19(16-29-20-11-5-2-6-12-20)17-30-24-25-22-14-8-7-13-21(22)23(28)26(24)15-18-9-3-1-4-10-18/h1-14,19,27H,15-17H2/t19-/m0/s1. The van der Waals surface area contributed by atoms with Gasteiger partial charge in [-0.1, -0.05) is 72.4 Å². The molecule has 6 heteroatoms. The number of ether oxygens (including phenoxy) is 1. The Labute approximate surface area is 179 Å². The number of nitrogens with zero attached hydrogens (tertiary/aromatic N) is 2. The normalized spacial score (nSPS) is 12.0. The molecule has 1 aromatic heterocycles. The van der Waals surface area contributed by atoms with Crippen LogP contribution in [-0.4, -0.2) is 33.1 Å². The molecule has 4 rings (SSSR count). The summed E-state index contributed by atoms with van der Waals surface area (Å²) >= 11 is 1.36. The summed E-state index contributed by atoms with van der Waals surface area (Å²) in [5.41, 5.74) is 1.60. The van der Waals surface area contributed by atoms with E-state index in [-0.39, 0.29) is 12.2 Å². The van der Waals surface area contributed by atoms with Gasteiger partial charge in [-0.05, 0) is 29.8 Å². The van der Waals surface area contributed by atoms with Crippen LogP contribution in [-0.2, 0) is 6.54 Å². The smallest absolute Gasteiger partial charge is 0.262 e. The zero-order valence-corrected chi connectivity index (χ0v) is 17.2. The second kappa shape index (κ2) is 9.61. The van der Waals surface area contributed by atoms with Gasteiger partial charge in [0.05, 0.1) is 23.6 Å². The third-order valence-electron chi connectivity index (χ3n) is 4.60. The van der Waals surface area contributed by atoms with Crippen LogP contribution in [0.4, 0.5) is 0 Å². The predicted molar refractivity (Wildman–Crippen MR) is 120 cm³/mol. The number of fused-ring (bicyclic) bond motifs is 1. The Hall–Kier alpha value is -3.09. The first-order valence-corrected chi connectivity index (χ1v) is 10.7. The van der Waals surface area contributed by atoms with Crippen LogP contribution in [0.2, 0.25) is 0 Å². The third kappa shape index (κ3) is 4.90. The molecule has 152 valence electrons. The highest BCUT2D eigenvalue weighted by Gasteiger charge is 2.14. The first-order valence-electron chi connectivity index (χ1n) is 9.73. The first kappa shape index (κ1) is 20.2. The van der Waals surface area contributed by atoms with Crippen molar-refractivity contribution in [3.05, 3.63) is 101 Å². The van der Waals surface area contributed by atoms with Crippen LogP contribution in [0.3, 0.4) is 0 Å². The molecular formula is C24H22N2O3S. The zero-order chi connectivity index (χ0) is 20.8. The highest BCUT2D eigenvalue weighted by molar-refractivity contribution is 7.99. The summed E-state index contributed by atoms with van der Waals surface area (Å²) < 4.78 is 7.30. The minimum Gasteiger partial charge on any atom is -0.491 e. The van der Waals surface area contributed by atoms with E-state index in [1.54, 1.807) is 10.6 Å². The number of hydrogen-bond donors (Lipinski definition) is 1. The summed E-state index contributed by atoms with van der Waals surface area (Å²) in [7, 11) is 0. The largest absolute Gasteiger partial charge is 0.491 e. The van der Waals surface area contributed by atoms with Gasteiger partial charge in [-0.3, -0.25) is 9.36 Å². The molecule has 0 amide bonds. The molecule has 0 bridgehead atoms. The van der Waals surface area contributed by atoms with E-state index in [4.69, 9.17) is 9.72 Å². The maximum atomic E-state index is 13.1. The molecule has 1 N–H and O–H groups in total. The molecule has 0 aliphatic carbocycles. The van der Waals surface area contributed by atoms with E-state index in [1.807, 2.05) is 78.9 Å². The molecule has 0 aliphatic heterocycles. The molecule has 1 atom stereocenters. The maximum absolute atomic E-state index is 13.1. The molecule has 0 unspecified atom stereocenters. The summed E-state index contributed by atoms with van der Waals surface area (Å²) in [6.45, 7) is 0.601. The monoisotopic (exact) mass is 418 g/mol. The SMILES string of the molecule is O=c1c2ccccc2nc(SC[C@@H](O)COc2ccccc2)n1Cc1ccccc1. The fourth-order valence-electron chi connectivity index (χ4n) is 3.09. The quantitative estimate of drug-likeness (QED) is 0.346. The average molecular weight is 419 g/mol. The number of hydrogen-bond acceptors (Lipinski definition) is 5. The summed E-state index contributed by atoms with van der Waals surface area (Å²) in [4.78, 5) is 17.8. The number of aliphatic hydroxyl groups excluding tert-OH is 1. The Morgan fingerprint density at radius 2 is 1.60 bits per heavy atom. The molecule has 5 nitrogen and oxygen atoms in total. The third-order valence-corrected chi connectivity index (χ3v) is 5.72. The summed E-state index contributed by atoms with van der Waals surface area (Å²) in [5.74, 6) is 1.08. The lowest BCUT2D eigenvalue weighted by Gasteiger charge is -2.15. The molecule has 0 fully saturated rings. The van der Waals surface area contributed by atoms with Crippen molar-refractivity contribution >= 4 is 22.7 Å². The van der Waals surface area contributed by atoms with Crippen molar-refractivity contribution in [2.75, 3.05) is 12.4 Å². The van der Waals surface area contributed by atoms with E-state index in [9.17, 15) is 9.90 Å². The maximum Gasteiger partial charge on any atom is 0.262 e. The van der Waals surface area contributed by atoms with Crippen molar-refractivity contribution < 1.29 is 9.84 Å². The number of rotatable bonds is 8. The van der Waals surface area contributed by atoms with Crippen LogP contribution in [0.25, 0.3) is 10.9 Å². The molecule has 0 radical (unpaired) electrons. The average Bonchev–Trinajstić information content (AvgIpc) is 2.80. The van der Waals surface area contributed by atoms with Gasteiger partial charge in [-0.15, -0.1) is 0 Å². The number of thioether (sulfide) groups is 1. The van der Waals surface area contributed by atoms with Gasteiger partial charge in [0.15, 0.2) is 5.16 Å². The number of para-hydroxylation sites is 2.